The van der Waals surface area contributed by atoms with E-state index in [-0.39, 0.29) is 10.7 Å². The van der Waals surface area contributed by atoms with Crippen molar-refractivity contribution in [1.82, 2.24) is 4.90 Å². The first kappa shape index (κ1) is 13.1. The highest BCUT2D eigenvalue weighted by atomic mass is 35.5. The Hall–Kier alpha value is -1.33. The van der Waals surface area contributed by atoms with Gasteiger partial charge < -0.3 is 10.2 Å². The largest absolute Gasteiger partial charge is 0.381 e. The zero-order valence-corrected chi connectivity index (χ0v) is 11.1. The van der Waals surface area contributed by atoms with E-state index in [1.54, 1.807) is 12.1 Å². The molecule has 0 radical (unpaired) electrons. The number of rotatable bonds is 3. The topological polar surface area (TPSA) is 58.4 Å². The molecule has 1 aliphatic rings. The van der Waals surface area contributed by atoms with Gasteiger partial charge in [0.05, 0.1) is 4.92 Å². The molecule has 2 atom stereocenters. The minimum absolute atomic E-state index is 0.0564. The fourth-order valence-electron chi connectivity index (χ4n) is 2.28. The van der Waals surface area contributed by atoms with Crippen LogP contribution in [0.25, 0.3) is 0 Å². The molecule has 1 heterocycles. The lowest BCUT2D eigenvalue weighted by atomic mass is 10.2. The van der Waals surface area contributed by atoms with Gasteiger partial charge in [0.2, 0.25) is 0 Å². The van der Waals surface area contributed by atoms with Gasteiger partial charge in [-0.15, -0.1) is 0 Å². The molecule has 0 amide bonds. The van der Waals surface area contributed by atoms with Crippen LogP contribution in [0.4, 0.5) is 11.4 Å². The van der Waals surface area contributed by atoms with Gasteiger partial charge >= 0.3 is 0 Å². The van der Waals surface area contributed by atoms with Crippen molar-refractivity contribution >= 4 is 23.0 Å². The zero-order chi connectivity index (χ0) is 13.3. The Morgan fingerprint density at radius 1 is 1.56 bits per heavy atom. The second kappa shape index (κ2) is 5.12. The van der Waals surface area contributed by atoms with E-state index >= 15 is 0 Å². The van der Waals surface area contributed by atoms with Crippen LogP contribution in [0.1, 0.15) is 13.3 Å². The van der Waals surface area contributed by atoms with Gasteiger partial charge in [-0.1, -0.05) is 11.6 Å². The molecule has 0 bridgehead atoms. The lowest BCUT2D eigenvalue weighted by molar-refractivity contribution is -0.384. The van der Waals surface area contributed by atoms with Crippen molar-refractivity contribution in [2.24, 2.45) is 0 Å². The van der Waals surface area contributed by atoms with E-state index in [0.29, 0.717) is 12.1 Å². The van der Waals surface area contributed by atoms with E-state index < -0.39 is 4.92 Å². The van der Waals surface area contributed by atoms with E-state index in [9.17, 15) is 10.1 Å². The Morgan fingerprint density at radius 2 is 2.28 bits per heavy atom. The molecular weight excluding hydrogens is 254 g/mol. The van der Waals surface area contributed by atoms with Gasteiger partial charge in [-0.3, -0.25) is 10.1 Å². The number of nitrogens with one attached hydrogen (secondary N) is 1. The summed E-state index contributed by atoms with van der Waals surface area (Å²) in [5, 5.41) is 14.2. The molecule has 18 heavy (non-hydrogen) atoms. The zero-order valence-electron chi connectivity index (χ0n) is 10.4. The van der Waals surface area contributed by atoms with Gasteiger partial charge in [-0.25, -0.2) is 0 Å². The summed E-state index contributed by atoms with van der Waals surface area (Å²) < 4.78 is 0. The number of benzene rings is 1. The molecule has 1 aromatic carbocycles. The molecule has 0 spiro atoms. The minimum Gasteiger partial charge on any atom is -0.381 e. The maximum absolute atomic E-state index is 10.7. The molecular formula is C12H16ClN3O2. The standard InChI is InChI=1S/C12H16ClN3O2/c1-8-5-10(7-15(8)2)14-9-3-4-12(16(17)18)11(13)6-9/h3-4,6,8,10,14H,5,7H2,1-2H3. The summed E-state index contributed by atoms with van der Waals surface area (Å²) in [6.07, 6.45) is 1.06. The summed E-state index contributed by atoms with van der Waals surface area (Å²) >= 11 is 5.88. The number of nitro benzene ring substituents is 1. The molecule has 2 rings (SSSR count). The third-order valence-electron chi connectivity index (χ3n) is 3.40. The number of nitro groups is 1. The number of hydrogen-bond acceptors (Lipinski definition) is 4. The molecule has 1 saturated heterocycles. The van der Waals surface area contributed by atoms with Crippen molar-refractivity contribution in [1.29, 1.82) is 0 Å². The number of nitrogens with zero attached hydrogens (tertiary/aromatic N) is 2. The van der Waals surface area contributed by atoms with Crippen molar-refractivity contribution in [3.05, 3.63) is 33.3 Å². The first-order chi connectivity index (χ1) is 8.47. The molecule has 6 heteroatoms. The van der Waals surface area contributed by atoms with Crippen molar-refractivity contribution < 1.29 is 4.92 Å². The van der Waals surface area contributed by atoms with Gasteiger partial charge in [-0.2, -0.15) is 0 Å². The smallest absolute Gasteiger partial charge is 0.288 e. The summed E-state index contributed by atoms with van der Waals surface area (Å²) in [6.45, 7) is 3.15. The molecule has 1 fully saturated rings. The Balaban J connectivity index is 2.07. The van der Waals surface area contributed by atoms with E-state index in [1.165, 1.54) is 6.07 Å². The quantitative estimate of drug-likeness (QED) is 0.677. The Morgan fingerprint density at radius 3 is 2.78 bits per heavy atom. The van der Waals surface area contributed by atoms with E-state index in [0.717, 1.165) is 18.7 Å². The summed E-state index contributed by atoms with van der Waals surface area (Å²) in [5.74, 6) is 0. The average molecular weight is 270 g/mol. The van der Waals surface area contributed by atoms with Crippen LogP contribution in [0.3, 0.4) is 0 Å². The lowest BCUT2D eigenvalue weighted by Gasteiger charge is -2.14. The van der Waals surface area contributed by atoms with Gasteiger partial charge in [0.15, 0.2) is 0 Å². The highest BCUT2D eigenvalue weighted by molar-refractivity contribution is 6.32. The normalized spacial score (nSPS) is 24.2. The third kappa shape index (κ3) is 2.73. The van der Waals surface area contributed by atoms with Crippen LogP contribution in [0.2, 0.25) is 5.02 Å². The summed E-state index contributed by atoms with van der Waals surface area (Å²) in [6, 6.07) is 5.67. The number of halogens is 1. The number of anilines is 1. The van der Waals surface area contributed by atoms with Crippen molar-refractivity contribution in [3.8, 4) is 0 Å². The Labute approximate surface area is 111 Å². The van der Waals surface area contributed by atoms with Crippen LogP contribution in [-0.4, -0.2) is 35.5 Å². The average Bonchev–Trinajstić information content (AvgIpc) is 2.57. The second-order valence-corrected chi connectivity index (χ2v) is 5.20. The molecule has 0 saturated carbocycles. The summed E-state index contributed by atoms with van der Waals surface area (Å²) in [7, 11) is 2.09. The van der Waals surface area contributed by atoms with Crippen LogP contribution in [-0.2, 0) is 0 Å². The highest BCUT2D eigenvalue weighted by Crippen LogP contribution is 2.28. The van der Waals surface area contributed by atoms with Crippen molar-refractivity contribution in [3.63, 3.8) is 0 Å². The molecule has 98 valence electrons. The van der Waals surface area contributed by atoms with Gasteiger partial charge in [0.25, 0.3) is 5.69 Å². The SMILES string of the molecule is CC1CC(Nc2ccc([N+](=O)[O-])c(Cl)c2)CN1C. The highest BCUT2D eigenvalue weighted by Gasteiger charge is 2.26. The second-order valence-electron chi connectivity index (χ2n) is 4.79. The van der Waals surface area contributed by atoms with Gasteiger partial charge in [0.1, 0.15) is 5.02 Å². The molecule has 1 N–H and O–H groups in total. The number of hydrogen-bond donors (Lipinski definition) is 1. The Bertz CT molecular complexity index is 457. The molecule has 2 unspecified atom stereocenters. The van der Waals surface area contributed by atoms with Crippen LogP contribution in [0.15, 0.2) is 18.2 Å². The number of likely N-dealkylation sites (N-methyl/N-ethyl adjacent to an activating group) is 1. The predicted molar refractivity (Wildman–Crippen MR) is 72.2 cm³/mol. The minimum atomic E-state index is -0.475. The van der Waals surface area contributed by atoms with Crippen LogP contribution in [0, 0.1) is 10.1 Å². The molecule has 1 aliphatic heterocycles. The predicted octanol–water partition coefficient (Wildman–Crippen LogP) is 2.75. The van der Waals surface area contributed by atoms with E-state index in [1.807, 2.05) is 0 Å². The van der Waals surface area contributed by atoms with Gasteiger partial charge in [-0.05, 0) is 32.5 Å². The van der Waals surface area contributed by atoms with Crippen LogP contribution >= 0.6 is 11.6 Å². The van der Waals surface area contributed by atoms with Crippen LogP contribution < -0.4 is 5.32 Å². The van der Waals surface area contributed by atoms with E-state index in [4.69, 9.17) is 11.6 Å². The van der Waals surface area contributed by atoms with Crippen molar-refractivity contribution in [2.75, 3.05) is 18.9 Å². The molecule has 1 aromatic rings. The maximum atomic E-state index is 10.7. The van der Waals surface area contributed by atoms with Crippen LogP contribution in [0.5, 0.6) is 0 Å². The fourth-order valence-corrected chi connectivity index (χ4v) is 2.53. The lowest BCUT2D eigenvalue weighted by Crippen LogP contribution is -2.24. The first-order valence-corrected chi connectivity index (χ1v) is 6.26. The third-order valence-corrected chi connectivity index (χ3v) is 3.70. The molecule has 0 aliphatic carbocycles. The Kier molecular flexibility index (Phi) is 3.73. The van der Waals surface area contributed by atoms with E-state index in [2.05, 4.69) is 24.2 Å². The first-order valence-electron chi connectivity index (χ1n) is 5.88. The summed E-state index contributed by atoms with van der Waals surface area (Å²) in [4.78, 5) is 12.5. The number of likely N-dealkylation sites (tertiary alicyclic amines) is 1. The maximum Gasteiger partial charge on any atom is 0.288 e. The monoisotopic (exact) mass is 269 g/mol. The fraction of sp³-hybridized carbons (Fsp3) is 0.500. The summed E-state index contributed by atoms with van der Waals surface area (Å²) in [5.41, 5.74) is 0.775. The van der Waals surface area contributed by atoms with Crippen molar-refractivity contribution in [2.45, 2.75) is 25.4 Å². The molecule has 5 nitrogen and oxygen atoms in total. The van der Waals surface area contributed by atoms with Gasteiger partial charge in [0, 0.05) is 30.4 Å². The molecule has 0 aromatic heterocycles.